The summed E-state index contributed by atoms with van der Waals surface area (Å²) in [6.45, 7) is 2.49. The van der Waals surface area contributed by atoms with Crippen molar-refractivity contribution in [2.75, 3.05) is 11.6 Å². The Hall–Kier alpha value is -2.37. The molecule has 2 aliphatic rings. The number of imide groups is 1. The molecule has 2 aromatic rings. The fourth-order valence-corrected chi connectivity index (χ4v) is 3.94. The molecule has 2 aromatic carbocycles. The number of rotatable bonds is 5. The molecule has 5 nitrogen and oxygen atoms in total. The molecule has 6 heteroatoms. The summed E-state index contributed by atoms with van der Waals surface area (Å²) in [6.07, 6.45) is 0.940. The molecular weight excluding hydrogens is 364 g/mol. The van der Waals surface area contributed by atoms with Crippen LogP contribution in [0.25, 0.3) is 0 Å². The Bertz CT molecular complexity index is 840. The molecule has 2 aliphatic heterocycles. The number of hydrogen-bond donors (Lipinski definition) is 0. The van der Waals surface area contributed by atoms with E-state index < -0.39 is 12.0 Å². The Morgan fingerprint density at radius 2 is 1.70 bits per heavy atom. The van der Waals surface area contributed by atoms with Crippen LogP contribution >= 0.6 is 11.6 Å². The van der Waals surface area contributed by atoms with Gasteiger partial charge < -0.3 is 0 Å². The van der Waals surface area contributed by atoms with Gasteiger partial charge in [-0.2, -0.15) is 0 Å². The van der Waals surface area contributed by atoms with Crippen molar-refractivity contribution in [3.8, 4) is 0 Å². The zero-order valence-corrected chi connectivity index (χ0v) is 15.8. The minimum Gasteiger partial charge on any atom is -0.280 e. The van der Waals surface area contributed by atoms with Crippen LogP contribution in [0.4, 0.5) is 5.69 Å². The van der Waals surface area contributed by atoms with Crippen LogP contribution in [0.1, 0.15) is 31.4 Å². The van der Waals surface area contributed by atoms with Gasteiger partial charge >= 0.3 is 0 Å². The van der Waals surface area contributed by atoms with Crippen molar-refractivity contribution in [2.45, 2.75) is 31.9 Å². The highest BCUT2D eigenvalue weighted by atomic mass is 35.5. The minimum absolute atomic E-state index is 0.149. The monoisotopic (exact) mass is 384 g/mol. The molecule has 0 bridgehead atoms. The number of hydrogen-bond acceptors (Lipinski definition) is 4. The van der Waals surface area contributed by atoms with E-state index in [-0.39, 0.29) is 17.9 Å². The predicted octanol–water partition coefficient (Wildman–Crippen LogP) is 3.99. The largest absolute Gasteiger partial charge is 0.280 e. The second-order valence-electron chi connectivity index (χ2n) is 6.89. The summed E-state index contributed by atoms with van der Waals surface area (Å²) in [6, 6.07) is 16.6. The second kappa shape index (κ2) is 7.33. The zero-order valence-electron chi connectivity index (χ0n) is 15.0. The molecule has 0 saturated carbocycles. The van der Waals surface area contributed by atoms with E-state index in [2.05, 4.69) is 0 Å². The average Bonchev–Trinajstić information content (AvgIpc) is 3.19. The summed E-state index contributed by atoms with van der Waals surface area (Å²) < 4.78 is 0. The second-order valence-corrected chi connectivity index (χ2v) is 7.33. The molecule has 0 aliphatic carbocycles. The van der Waals surface area contributed by atoms with Gasteiger partial charge in [-0.05, 0) is 36.2 Å². The molecule has 0 N–H and O–H groups in total. The molecule has 4 rings (SSSR count). The van der Waals surface area contributed by atoms with E-state index >= 15 is 0 Å². The molecule has 27 heavy (non-hydrogen) atoms. The molecule has 2 heterocycles. The molecule has 2 saturated heterocycles. The van der Waals surface area contributed by atoms with E-state index in [1.165, 1.54) is 4.90 Å². The third kappa shape index (κ3) is 3.11. The van der Waals surface area contributed by atoms with E-state index in [4.69, 9.17) is 16.4 Å². The van der Waals surface area contributed by atoms with Crippen molar-refractivity contribution >= 4 is 29.1 Å². The van der Waals surface area contributed by atoms with Gasteiger partial charge in [0.25, 0.3) is 5.91 Å². The number of nitrogens with zero attached hydrogens (tertiary/aromatic N) is 2. The third-order valence-electron chi connectivity index (χ3n) is 5.16. The molecule has 0 radical (unpaired) electrons. The zero-order chi connectivity index (χ0) is 19.0. The maximum atomic E-state index is 13.1. The van der Waals surface area contributed by atoms with Crippen LogP contribution in [0.5, 0.6) is 0 Å². The summed E-state index contributed by atoms with van der Waals surface area (Å²) >= 11 is 6.01. The molecule has 0 unspecified atom stereocenters. The van der Waals surface area contributed by atoms with Crippen molar-refractivity contribution in [3.63, 3.8) is 0 Å². The van der Waals surface area contributed by atoms with Gasteiger partial charge in [0.05, 0.1) is 11.7 Å². The number of halogens is 1. The topological polar surface area (TPSA) is 49.9 Å². The van der Waals surface area contributed by atoms with Crippen molar-refractivity contribution in [3.05, 3.63) is 65.2 Å². The summed E-state index contributed by atoms with van der Waals surface area (Å²) in [5.74, 6) is -0.938. The average molecular weight is 385 g/mol. The Morgan fingerprint density at radius 3 is 2.37 bits per heavy atom. The van der Waals surface area contributed by atoms with Gasteiger partial charge in [-0.15, -0.1) is 0 Å². The van der Waals surface area contributed by atoms with Crippen molar-refractivity contribution in [1.82, 2.24) is 4.90 Å². The lowest BCUT2D eigenvalue weighted by Gasteiger charge is -2.28. The summed E-state index contributed by atoms with van der Waals surface area (Å²) in [4.78, 5) is 33.4. The first kappa shape index (κ1) is 18.0. The Morgan fingerprint density at radius 1 is 1.00 bits per heavy atom. The smallest absolute Gasteiger partial charge is 0.261 e. The molecule has 2 fully saturated rings. The van der Waals surface area contributed by atoms with E-state index in [9.17, 15) is 9.59 Å². The number of likely N-dealkylation sites (tertiary alicyclic amines) is 1. The van der Waals surface area contributed by atoms with E-state index in [1.54, 1.807) is 17.2 Å². The quantitative estimate of drug-likeness (QED) is 0.731. The highest BCUT2D eigenvalue weighted by Gasteiger charge is 2.59. The molecule has 0 spiro atoms. The van der Waals surface area contributed by atoms with E-state index in [0.717, 1.165) is 24.1 Å². The number of fused-ring (bicyclic) bond motifs is 1. The van der Waals surface area contributed by atoms with Gasteiger partial charge in [0.15, 0.2) is 6.10 Å². The van der Waals surface area contributed by atoms with Gasteiger partial charge in [-0.3, -0.25) is 19.3 Å². The lowest BCUT2D eigenvalue weighted by Crippen LogP contribution is -2.37. The minimum atomic E-state index is -0.782. The number of benzene rings is 2. The third-order valence-corrected chi connectivity index (χ3v) is 5.42. The number of hydroxylamine groups is 1. The first-order valence-electron chi connectivity index (χ1n) is 9.23. The molecular formula is C21H21ClN2O3. The lowest BCUT2D eigenvalue weighted by atomic mass is 9.90. The number of carbonyl (C=O) groups is 2. The van der Waals surface area contributed by atoms with Crippen molar-refractivity contribution in [1.29, 1.82) is 0 Å². The standard InChI is InChI=1S/C21H21ClN2O3/c1-2-3-13-23-20(25)17-18(14-7-5-4-6-8-14)24(27-19(17)21(23)26)16-11-9-15(22)10-12-16/h4-12,17-19H,2-3,13H2,1H3/t17-,18+,19+/m0/s1. The maximum absolute atomic E-state index is 13.1. The number of amides is 2. The SMILES string of the molecule is CCCCN1C(=O)[C@H]2[C@@H](c3ccccc3)N(c3ccc(Cl)cc3)O[C@H]2C1=O. The normalized spacial score (nSPS) is 24.6. The van der Waals surface area contributed by atoms with Gasteiger partial charge in [-0.1, -0.05) is 55.3 Å². The fourth-order valence-electron chi connectivity index (χ4n) is 3.81. The van der Waals surface area contributed by atoms with Crippen LogP contribution < -0.4 is 5.06 Å². The van der Waals surface area contributed by atoms with Crippen LogP contribution in [0.15, 0.2) is 54.6 Å². The highest BCUT2D eigenvalue weighted by molar-refractivity contribution is 6.30. The summed E-state index contributed by atoms with van der Waals surface area (Å²) in [7, 11) is 0. The van der Waals surface area contributed by atoms with E-state index in [0.29, 0.717) is 11.6 Å². The lowest BCUT2D eigenvalue weighted by molar-refractivity contribution is -0.143. The van der Waals surface area contributed by atoms with Crippen LogP contribution in [0.3, 0.4) is 0 Å². The maximum Gasteiger partial charge on any atom is 0.261 e. The first-order chi connectivity index (χ1) is 13.1. The highest BCUT2D eigenvalue weighted by Crippen LogP contribution is 2.46. The van der Waals surface area contributed by atoms with Gasteiger partial charge in [-0.25, -0.2) is 5.06 Å². The Balaban J connectivity index is 1.73. The predicted molar refractivity (Wildman–Crippen MR) is 103 cm³/mol. The van der Waals surface area contributed by atoms with Crippen LogP contribution in [0, 0.1) is 5.92 Å². The molecule has 2 amide bonds. The number of anilines is 1. The van der Waals surface area contributed by atoms with E-state index in [1.807, 2.05) is 49.4 Å². The van der Waals surface area contributed by atoms with Crippen LogP contribution in [0.2, 0.25) is 5.02 Å². The number of carbonyl (C=O) groups excluding carboxylic acids is 2. The first-order valence-corrected chi connectivity index (χ1v) is 9.61. The van der Waals surface area contributed by atoms with Crippen molar-refractivity contribution in [2.24, 2.45) is 5.92 Å². The Kier molecular flexibility index (Phi) is 4.89. The van der Waals surface area contributed by atoms with Gasteiger partial charge in [0.2, 0.25) is 5.91 Å². The summed E-state index contributed by atoms with van der Waals surface area (Å²) in [5.41, 5.74) is 1.71. The van der Waals surface area contributed by atoms with Crippen LogP contribution in [-0.2, 0) is 14.4 Å². The summed E-state index contributed by atoms with van der Waals surface area (Å²) in [5, 5.41) is 2.31. The molecule has 140 valence electrons. The van der Waals surface area contributed by atoms with Crippen LogP contribution in [-0.4, -0.2) is 29.4 Å². The number of unbranched alkanes of at least 4 members (excludes halogenated alkanes) is 1. The van der Waals surface area contributed by atoms with Crippen molar-refractivity contribution < 1.29 is 14.4 Å². The molecule has 0 aromatic heterocycles. The fraction of sp³-hybridized carbons (Fsp3) is 0.333. The van der Waals surface area contributed by atoms with Gasteiger partial charge in [0, 0.05) is 11.6 Å². The van der Waals surface area contributed by atoms with Gasteiger partial charge in [0.1, 0.15) is 5.92 Å². The molecule has 3 atom stereocenters. The Labute approximate surface area is 163 Å².